The highest BCUT2D eigenvalue weighted by Gasteiger charge is 2.17. The SMILES string of the molecule is COc1cc(F)c(Br)cc1C(=O)c1ccc(SC)cc1. The number of methoxy groups -OCH3 is 1. The molecule has 0 aromatic heterocycles. The molecule has 0 unspecified atom stereocenters. The number of hydrogen-bond acceptors (Lipinski definition) is 3. The summed E-state index contributed by atoms with van der Waals surface area (Å²) in [4.78, 5) is 13.5. The first-order valence-corrected chi connectivity index (χ1v) is 7.80. The minimum atomic E-state index is -0.462. The third-order valence-corrected chi connectivity index (χ3v) is 4.19. The Morgan fingerprint density at radius 3 is 2.45 bits per heavy atom. The van der Waals surface area contributed by atoms with Crippen LogP contribution in [-0.2, 0) is 0 Å². The largest absolute Gasteiger partial charge is 0.496 e. The summed E-state index contributed by atoms with van der Waals surface area (Å²) in [6.07, 6.45) is 1.97. The highest BCUT2D eigenvalue weighted by molar-refractivity contribution is 9.10. The molecule has 0 bridgehead atoms. The molecule has 0 spiro atoms. The van der Waals surface area contributed by atoms with Gasteiger partial charge in [-0.3, -0.25) is 4.79 Å². The zero-order valence-electron chi connectivity index (χ0n) is 10.9. The second-order valence-electron chi connectivity index (χ2n) is 4.02. The Labute approximate surface area is 129 Å². The maximum Gasteiger partial charge on any atom is 0.196 e. The highest BCUT2D eigenvalue weighted by atomic mass is 79.9. The summed E-state index contributed by atoms with van der Waals surface area (Å²) in [5.74, 6) is -0.434. The fourth-order valence-corrected chi connectivity index (χ4v) is 2.52. The van der Waals surface area contributed by atoms with Gasteiger partial charge in [-0.25, -0.2) is 4.39 Å². The predicted molar refractivity (Wildman–Crippen MR) is 82.3 cm³/mol. The van der Waals surface area contributed by atoms with Crippen LogP contribution in [0.1, 0.15) is 15.9 Å². The molecule has 0 aliphatic rings. The van der Waals surface area contributed by atoms with E-state index < -0.39 is 5.82 Å². The number of benzene rings is 2. The van der Waals surface area contributed by atoms with Crippen molar-refractivity contribution in [2.45, 2.75) is 4.90 Å². The van der Waals surface area contributed by atoms with Gasteiger partial charge in [-0.05, 0) is 52.5 Å². The molecular formula is C15H12BrFO2S. The molecule has 2 aromatic carbocycles. The van der Waals surface area contributed by atoms with Crippen molar-refractivity contribution in [1.82, 2.24) is 0 Å². The van der Waals surface area contributed by atoms with Crippen LogP contribution in [0, 0.1) is 5.82 Å². The average Bonchev–Trinajstić information content (AvgIpc) is 2.49. The fraction of sp³-hybridized carbons (Fsp3) is 0.133. The van der Waals surface area contributed by atoms with Gasteiger partial charge < -0.3 is 4.74 Å². The number of ether oxygens (including phenoxy) is 1. The Morgan fingerprint density at radius 1 is 1.25 bits per heavy atom. The number of ketones is 1. The third-order valence-electron chi connectivity index (χ3n) is 2.84. The second-order valence-corrected chi connectivity index (χ2v) is 5.76. The van der Waals surface area contributed by atoms with Crippen molar-refractivity contribution in [3.63, 3.8) is 0 Å². The van der Waals surface area contributed by atoms with Crippen LogP contribution in [-0.4, -0.2) is 19.1 Å². The van der Waals surface area contributed by atoms with Crippen LogP contribution in [0.4, 0.5) is 4.39 Å². The molecule has 0 aliphatic carbocycles. The number of rotatable bonds is 4. The van der Waals surface area contributed by atoms with Gasteiger partial charge in [-0.15, -0.1) is 11.8 Å². The summed E-state index contributed by atoms with van der Waals surface area (Å²) in [6, 6.07) is 9.91. The summed E-state index contributed by atoms with van der Waals surface area (Å²) >= 11 is 4.69. The number of hydrogen-bond donors (Lipinski definition) is 0. The number of thioether (sulfide) groups is 1. The molecule has 0 N–H and O–H groups in total. The molecule has 5 heteroatoms. The van der Waals surface area contributed by atoms with Crippen LogP contribution >= 0.6 is 27.7 Å². The smallest absolute Gasteiger partial charge is 0.196 e. The van der Waals surface area contributed by atoms with Crippen molar-refractivity contribution in [1.29, 1.82) is 0 Å². The molecule has 0 amide bonds. The fourth-order valence-electron chi connectivity index (χ4n) is 1.77. The predicted octanol–water partition coefficient (Wildman–Crippen LogP) is 4.55. The molecule has 104 valence electrons. The lowest BCUT2D eigenvalue weighted by Crippen LogP contribution is -2.05. The molecular weight excluding hydrogens is 343 g/mol. The van der Waals surface area contributed by atoms with Crippen molar-refractivity contribution in [2.75, 3.05) is 13.4 Å². The van der Waals surface area contributed by atoms with E-state index in [1.54, 1.807) is 23.9 Å². The molecule has 0 atom stereocenters. The number of halogens is 2. The van der Waals surface area contributed by atoms with Crippen LogP contribution < -0.4 is 4.74 Å². The van der Waals surface area contributed by atoms with Crippen molar-refractivity contribution in [2.24, 2.45) is 0 Å². The second kappa shape index (κ2) is 6.41. The van der Waals surface area contributed by atoms with Gasteiger partial charge >= 0.3 is 0 Å². The van der Waals surface area contributed by atoms with Crippen molar-refractivity contribution in [3.8, 4) is 5.75 Å². The lowest BCUT2D eigenvalue weighted by Gasteiger charge is -2.09. The van der Waals surface area contributed by atoms with E-state index in [0.29, 0.717) is 11.1 Å². The molecule has 2 rings (SSSR count). The summed E-state index contributed by atoms with van der Waals surface area (Å²) in [6.45, 7) is 0. The average molecular weight is 355 g/mol. The van der Waals surface area contributed by atoms with Gasteiger partial charge in [0.15, 0.2) is 5.78 Å². The molecule has 0 saturated heterocycles. The Kier molecular flexibility index (Phi) is 4.83. The van der Waals surface area contributed by atoms with Gasteiger partial charge in [-0.2, -0.15) is 0 Å². The van der Waals surface area contributed by atoms with Gasteiger partial charge in [0.25, 0.3) is 0 Å². The lowest BCUT2D eigenvalue weighted by atomic mass is 10.0. The van der Waals surface area contributed by atoms with Gasteiger partial charge in [-0.1, -0.05) is 0 Å². The van der Waals surface area contributed by atoms with E-state index in [-0.39, 0.29) is 16.0 Å². The normalized spacial score (nSPS) is 10.4. The van der Waals surface area contributed by atoms with E-state index in [1.807, 2.05) is 18.4 Å². The summed E-state index contributed by atoms with van der Waals surface area (Å²) in [7, 11) is 1.41. The van der Waals surface area contributed by atoms with E-state index in [4.69, 9.17) is 4.74 Å². The maximum atomic E-state index is 13.5. The first-order chi connectivity index (χ1) is 9.56. The van der Waals surface area contributed by atoms with Crippen LogP contribution in [0.25, 0.3) is 0 Å². The van der Waals surface area contributed by atoms with E-state index in [2.05, 4.69) is 15.9 Å². The molecule has 2 nitrogen and oxygen atoms in total. The molecule has 0 fully saturated rings. The van der Waals surface area contributed by atoms with Gasteiger partial charge in [0.1, 0.15) is 11.6 Å². The minimum Gasteiger partial charge on any atom is -0.496 e. The summed E-state index contributed by atoms with van der Waals surface area (Å²) in [5.41, 5.74) is 0.872. The lowest BCUT2D eigenvalue weighted by molar-refractivity contribution is 0.103. The maximum absolute atomic E-state index is 13.5. The van der Waals surface area contributed by atoms with Crippen LogP contribution in [0.5, 0.6) is 5.75 Å². The first-order valence-electron chi connectivity index (χ1n) is 5.78. The molecule has 0 aliphatic heterocycles. The summed E-state index contributed by atoms with van der Waals surface area (Å²) in [5, 5.41) is 0. The molecule has 2 aromatic rings. The Balaban J connectivity index is 2.44. The quantitative estimate of drug-likeness (QED) is 0.595. The van der Waals surface area contributed by atoms with E-state index in [1.165, 1.54) is 19.2 Å². The van der Waals surface area contributed by atoms with Crippen LogP contribution in [0.15, 0.2) is 45.8 Å². The van der Waals surface area contributed by atoms with E-state index >= 15 is 0 Å². The topological polar surface area (TPSA) is 26.3 Å². The minimum absolute atomic E-state index is 0.199. The van der Waals surface area contributed by atoms with Crippen molar-refractivity contribution >= 4 is 33.5 Å². The molecule has 20 heavy (non-hydrogen) atoms. The number of carbonyl (C=O) groups excluding carboxylic acids is 1. The van der Waals surface area contributed by atoms with Crippen molar-refractivity contribution < 1.29 is 13.9 Å². The zero-order valence-corrected chi connectivity index (χ0v) is 13.3. The standard InChI is InChI=1S/C15H12BrFO2S/c1-19-14-8-13(17)12(16)7-11(14)15(18)9-3-5-10(20-2)6-4-9/h3-8H,1-2H3. The molecule has 0 heterocycles. The zero-order chi connectivity index (χ0) is 14.7. The Morgan fingerprint density at radius 2 is 1.90 bits per heavy atom. The van der Waals surface area contributed by atoms with Crippen LogP contribution in [0.2, 0.25) is 0 Å². The third kappa shape index (κ3) is 3.04. The molecule has 0 saturated carbocycles. The molecule has 0 radical (unpaired) electrons. The monoisotopic (exact) mass is 354 g/mol. The Hall–Kier alpha value is -1.33. The van der Waals surface area contributed by atoms with Gasteiger partial charge in [0, 0.05) is 16.5 Å². The van der Waals surface area contributed by atoms with Crippen LogP contribution in [0.3, 0.4) is 0 Å². The Bertz CT molecular complexity index is 641. The summed E-state index contributed by atoms with van der Waals surface area (Å²) < 4.78 is 18.8. The van der Waals surface area contributed by atoms with E-state index in [0.717, 1.165) is 4.90 Å². The van der Waals surface area contributed by atoms with Crippen molar-refractivity contribution in [3.05, 3.63) is 57.8 Å². The van der Waals surface area contributed by atoms with Gasteiger partial charge in [0.05, 0.1) is 17.1 Å². The number of carbonyl (C=O) groups is 1. The first kappa shape index (κ1) is 15.1. The highest BCUT2D eigenvalue weighted by Crippen LogP contribution is 2.28. The van der Waals surface area contributed by atoms with E-state index in [9.17, 15) is 9.18 Å². The van der Waals surface area contributed by atoms with Gasteiger partial charge in [0.2, 0.25) is 0 Å².